The van der Waals surface area contributed by atoms with Gasteiger partial charge in [-0.2, -0.15) is 0 Å². The maximum Gasteiger partial charge on any atom is 0.333 e. The highest BCUT2D eigenvalue weighted by atomic mass is 16.7. The Kier molecular flexibility index (Phi) is 6.36. The van der Waals surface area contributed by atoms with E-state index in [9.17, 15) is 14.4 Å². The quantitative estimate of drug-likeness (QED) is 0.378. The molecule has 0 fully saturated rings. The van der Waals surface area contributed by atoms with Crippen molar-refractivity contribution in [2.24, 2.45) is 0 Å². The molecular formula is C9H15NO4. The largest absolute Gasteiger partial charge is 0.333 e. The smallest absolute Gasteiger partial charge is 0.331 e. The number of hydrogen-bond acceptors (Lipinski definition) is 4. The summed E-state index contributed by atoms with van der Waals surface area (Å²) < 4.78 is 0. The summed E-state index contributed by atoms with van der Waals surface area (Å²) in [5, 5.41) is 0.397. The normalized spacial score (nSPS) is 9.29. The second kappa shape index (κ2) is 7.06. The van der Waals surface area contributed by atoms with Crippen LogP contribution in [0.1, 0.15) is 39.5 Å². The fourth-order valence-electron chi connectivity index (χ4n) is 0.835. The monoisotopic (exact) mass is 201 g/mol. The van der Waals surface area contributed by atoms with Crippen LogP contribution in [-0.4, -0.2) is 23.3 Å². The molecule has 80 valence electrons. The minimum Gasteiger partial charge on any atom is -0.331 e. The summed E-state index contributed by atoms with van der Waals surface area (Å²) in [6, 6.07) is 0. The van der Waals surface area contributed by atoms with Crippen LogP contribution in [0.4, 0.5) is 0 Å². The number of hydroxylamine groups is 2. The molecule has 14 heavy (non-hydrogen) atoms. The van der Waals surface area contributed by atoms with Crippen molar-refractivity contribution in [2.75, 3.05) is 0 Å². The Bertz CT molecular complexity index is 215. The third kappa shape index (κ3) is 5.29. The van der Waals surface area contributed by atoms with E-state index in [0.29, 0.717) is 11.5 Å². The molecule has 0 N–H and O–H groups in total. The van der Waals surface area contributed by atoms with Crippen LogP contribution in [0.25, 0.3) is 0 Å². The van der Waals surface area contributed by atoms with Gasteiger partial charge in [-0.1, -0.05) is 19.8 Å². The number of amides is 2. The van der Waals surface area contributed by atoms with Gasteiger partial charge in [0.15, 0.2) is 0 Å². The molecule has 0 saturated heterocycles. The first-order chi connectivity index (χ1) is 6.61. The Labute approximate surface area is 83.0 Å². The van der Waals surface area contributed by atoms with E-state index in [1.807, 2.05) is 6.92 Å². The molecule has 0 unspecified atom stereocenters. The molecule has 0 aromatic heterocycles. The lowest BCUT2D eigenvalue weighted by atomic mass is 10.2. The highest BCUT2D eigenvalue weighted by Gasteiger charge is 2.13. The van der Waals surface area contributed by atoms with Gasteiger partial charge < -0.3 is 4.84 Å². The van der Waals surface area contributed by atoms with Gasteiger partial charge >= 0.3 is 5.97 Å². The van der Waals surface area contributed by atoms with E-state index in [2.05, 4.69) is 4.84 Å². The van der Waals surface area contributed by atoms with Crippen molar-refractivity contribution in [3.8, 4) is 0 Å². The lowest BCUT2D eigenvalue weighted by Gasteiger charge is -2.11. The number of nitrogens with zero attached hydrogens (tertiary/aromatic N) is 1. The molecule has 0 saturated carbocycles. The molecule has 5 heteroatoms. The molecule has 0 rings (SSSR count). The minimum atomic E-state index is -0.608. The van der Waals surface area contributed by atoms with Crippen molar-refractivity contribution in [1.82, 2.24) is 5.06 Å². The molecule has 0 aliphatic heterocycles. The van der Waals surface area contributed by atoms with Crippen LogP contribution in [0.15, 0.2) is 0 Å². The van der Waals surface area contributed by atoms with Gasteiger partial charge in [0.25, 0.3) is 12.3 Å². The van der Waals surface area contributed by atoms with Crippen LogP contribution in [-0.2, 0) is 19.2 Å². The van der Waals surface area contributed by atoms with E-state index in [1.165, 1.54) is 0 Å². The zero-order chi connectivity index (χ0) is 11.0. The molecule has 0 aromatic rings. The lowest BCUT2D eigenvalue weighted by Crippen LogP contribution is -2.30. The van der Waals surface area contributed by atoms with Gasteiger partial charge in [0.1, 0.15) is 0 Å². The lowest BCUT2D eigenvalue weighted by molar-refractivity contribution is -0.195. The standard InChI is InChI=1S/C9H15NO4/c1-3-4-5-6-9(13)14-10(7-11)8(2)12/h7H,3-6H2,1-2H3. The van der Waals surface area contributed by atoms with E-state index in [4.69, 9.17) is 0 Å². The maximum atomic E-state index is 11.0. The summed E-state index contributed by atoms with van der Waals surface area (Å²) in [5.74, 6) is -1.16. The summed E-state index contributed by atoms with van der Waals surface area (Å²) in [6.07, 6.45) is 3.04. The van der Waals surface area contributed by atoms with E-state index < -0.39 is 11.9 Å². The van der Waals surface area contributed by atoms with Gasteiger partial charge in [-0.05, 0) is 6.42 Å². The van der Waals surface area contributed by atoms with Crippen LogP contribution in [0.3, 0.4) is 0 Å². The Morgan fingerprint density at radius 3 is 2.43 bits per heavy atom. The molecule has 0 heterocycles. The summed E-state index contributed by atoms with van der Waals surface area (Å²) in [4.78, 5) is 36.4. The molecule has 2 amide bonds. The first kappa shape index (κ1) is 12.6. The van der Waals surface area contributed by atoms with Crippen LogP contribution in [0.5, 0.6) is 0 Å². The van der Waals surface area contributed by atoms with E-state index in [1.54, 1.807) is 0 Å². The van der Waals surface area contributed by atoms with Gasteiger partial charge in [0.05, 0.1) is 0 Å². The summed E-state index contributed by atoms with van der Waals surface area (Å²) in [6.45, 7) is 3.16. The highest BCUT2D eigenvalue weighted by Crippen LogP contribution is 2.01. The summed E-state index contributed by atoms with van der Waals surface area (Å²) in [5.41, 5.74) is 0. The Morgan fingerprint density at radius 1 is 1.36 bits per heavy atom. The topological polar surface area (TPSA) is 63.7 Å². The summed E-state index contributed by atoms with van der Waals surface area (Å²) in [7, 11) is 0. The van der Waals surface area contributed by atoms with Gasteiger partial charge in [-0.3, -0.25) is 9.59 Å². The number of hydrogen-bond donors (Lipinski definition) is 0. The van der Waals surface area contributed by atoms with Crippen LogP contribution in [0, 0.1) is 0 Å². The molecule has 0 spiro atoms. The van der Waals surface area contributed by atoms with E-state index in [0.717, 1.165) is 19.8 Å². The Hall–Kier alpha value is -1.39. The molecular weight excluding hydrogens is 186 g/mol. The Balaban J connectivity index is 3.79. The predicted molar refractivity (Wildman–Crippen MR) is 48.8 cm³/mol. The number of carbonyl (C=O) groups excluding carboxylic acids is 3. The van der Waals surface area contributed by atoms with Crippen molar-refractivity contribution >= 4 is 18.3 Å². The van der Waals surface area contributed by atoms with E-state index >= 15 is 0 Å². The van der Waals surface area contributed by atoms with Crippen molar-refractivity contribution in [3.63, 3.8) is 0 Å². The summed E-state index contributed by atoms with van der Waals surface area (Å²) >= 11 is 0. The number of carbonyl (C=O) groups is 3. The van der Waals surface area contributed by atoms with Crippen LogP contribution in [0.2, 0.25) is 0 Å². The van der Waals surface area contributed by atoms with Crippen molar-refractivity contribution in [2.45, 2.75) is 39.5 Å². The predicted octanol–water partition coefficient (Wildman–Crippen LogP) is 1.03. The molecule has 0 aromatic carbocycles. The third-order valence-corrected chi connectivity index (χ3v) is 1.59. The van der Waals surface area contributed by atoms with Crippen molar-refractivity contribution in [1.29, 1.82) is 0 Å². The zero-order valence-electron chi connectivity index (χ0n) is 8.49. The van der Waals surface area contributed by atoms with Crippen LogP contribution < -0.4 is 0 Å². The van der Waals surface area contributed by atoms with Gasteiger partial charge in [-0.25, -0.2) is 4.79 Å². The highest BCUT2D eigenvalue weighted by molar-refractivity contribution is 5.84. The van der Waals surface area contributed by atoms with Crippen LogP contribution >= 0.6 is 0 Å². The van der Waals surface area contributed by atoms with Crippen molar-refractivity contribution in [3.05, 3.63) is 0 Å². The fourth-order valence-corrected chi connectivity index (χ4v) is 0.835. The maximum absolute atomic E-state index is 11.0. The number of unbranched alkanes of at least 4 members (excludes halogenated alkanes) is 2. The van der Waals surface area contributed by atoms with Gasteiger partial charge in [0, 0.05) is 13.3 Å². The molecule has 0 radical (unpaired) electrons. The second-order valence-corrected chi connectivity index (χ2v) is 2.87. The SMILES string of the molecule is CCCCCC(=O)ON(C=O)C(C)=O. The molecule has 0 atom stereocenters. The van der Waals surface area contributed by atoms with E-state index in [-0.39, 0.29) is 12.8 Å². The Morgan fingerprint density at radius 2 is 2.00 bits per heavy atom. The minimum absolute atomic E-state index is 0.181. The fraction of sp³-hybridized carbons (Fsp3) is 0.667. The van der Waals surface area contributed by atoms with Crippen molar-refractivity contribution < 1.29 is 19.2 Å². The first-order valence-corrected chi connectivity index (χ1v) is 4.57. The molecule has 0 aliphatic rings. The number of rotatable bonds is 5. The molecule has 0 bridgehead atoms. The van der Waals surface area contributed by atoms with Gasteiger partial charge in [-0.15, -0.1) is 5.06 Å². The molecule has 0 aliphatic carbocycles. The average Bonchev–Trinajstić information content (AvgIpc) is 2.14. The zero-order valence-corrected chi connectivity index (χ0v) is 8.49. The first-order valence-electron chi connectivity index (χ1n) is 4.57. The number of imide groups is 1. The second-order valence-electron chi connectivity index (χ2n) is 2.87. The molecule has 5 nitrogen and oxygen atoms in total. The van der Waals surface area contributed by atoms with Gasteiger partial charge in [0.2, 0.25) is 0 Å². The third-order valence-electron chi connectivity index (χ3n) is 1.59. The average molecular weight is 201 g/mol.